The molecule has 142 valence electrons. The number of aromatic nitrogens is 2. The summed E-state index contributed by atoms with van der Waals surface area (Å²) < 4.78 is 10.6. The topological polar surface area (TPSA) is 83.4 Å². The van der Waals surface area contributed by atoms with Crippen LogP contribution in [0.2, 0.25) is 0 Å². The van der Waals surface area contributed by atoms with Crippen LogP contribution in [-0.4, -0.2) is 41.0 Å². The number of carbonyl (C=O) groups is 1. The first-order valence-electron chi connectivity index (χ1n) is 9.26. The fourth-order valence-corrected chi connectivity index (χ4v) is 3.54. The first-order chi connectivity index (χ1) is 13.2. The number of amides is 1. The lowest BCUT2D eigenvalue weighted by molar-refractivity contribution is -0.126. The van der Waals surface area contributed by atoms with Gasteiger partial charge in [-0.2, -0.15) is 0 Å². The van der Waals surface area contributed by atoms with Gasteiger partial charge in [-0.25, -0.2) is 4.98 Å². The number of piperidine rings is 1. The number of carbonyl (C=O) groups excluding carboxylic acids is 1. The van der Waals surface area contributed by atoms with Crippen molar-refractivity contribution in [3.05, 3.63) is 48.2 Å². The van der Waals surface area contributed by atoms with Crippen molar-refractivity contribution in [2.75, 3.05) is 20.2 Å². The number of furan rings is 1. The van der Waals surface area contributed by atoms with Crippen molar-refractivity contribution in [1.82, 2.24) is 20.2 Å². The van der Waals surface area contributed by atoms with Crippen LogP contribution in [0.4, 0.5) is 0 Å². The number of imidazole rings is 1. The van der Waals surface area contributed by atoms with Gasteiger partial charge < -0.3 is 19.5 Å². The number of nitrogens with one attached hydrogen (secondary N) is 2. The number of likely N-dealkylation sites (tertiary alicyclic amines) is 1. The fourth-order valence-electron chi connectivity index (χ4n) is 3.54. The van der Waals surface area contributed by atoms with E-state index in [1.54, 1.807) is 13.4 Å². The molecule has 3 aromatic rings. The molecular weight excluding hydrogens is 344 g/mol. The highest BCUT2D eigenvalue weighted by atomic mass is 16.5. The van der Waals surface area contributed by atoms with Crippen LogP contribution in [0.3, 0.4) is 0 Å². The summed E-state index contributed by atoms with van der Waals surface area (Å²) in [5.41, 5.74) is 1.77. The van der Waals surface area contributed by atoms with Crippen molar-refractivity contribution in [3.63, 3.8) is 0 Å². The minimum atomic E-state index is 0.0577. The average Bonchev–Trinajstić information content (AvgIpc) is 3.35. The third kappa shape index (κ3) is 4.14. The zero-order chi connectivity index (χ0) is 18.6. The number of methoxy groups -OCH3 is 1. The monoisotopic (exact) mass is 368 g/mol. The Morgan fingerprint density at radius 3 is 2.96 bits per heavy atom. The maximum absolute atomic E-state index is 12.5. The number of ether oxygens (including phenoxy) is 1. The molecule has 2 aromatic heterocycles. The van der Waals surface area contributed by atoms with Crippen molar-refractivity contribution in [2.24, 2.45) is 5.92 Å². The van der Waals surface area contributed by atoms with E-state index in [-0.39, 0.29) is 11.8 Å². The Hall–Kier alpha value is -2.80. The lowest BCUT2D eigenvalue weighted by Gasteiger charge is -2.30. The zero-order valence-corrected chi connectivity index (χ0v) is 15.4. The average molecular weight is 368 g/mol. The number of rotatable bonds is 6. The molecule has 7 nitrogen and oxygen atoms in total. The molecule has 4 rings (SSSR count). The van der Waals surface area contributed by atoms with E-state index in [4.69, 9.17) is 9.15 Å². The molecule has 3 heterocycles. The molecule has 1 aliphatic rings. The first-order valence-corrected chi connectivity index (χ1v) is 9.26. The third-order valence-corrected chi connectivity index (χ3v) is 5.09. The summed E-state index contributed by atoms with van der Waals surface area (Å²) in [5, 5.41) is 3.02. The second kappa shape index (κ2) is 7.84. The molecule has 1 aromatic carbocycles. The van der Waals surface area contributed by atoms with E-state index in [1.165, 1.54) is 0 Å². The molecule has 7 heteroatoms. The third-order valence-electron chi connectivity index (χ3n) is 5.09. The Bertz CT molecular complexity index is 895. The second-order valence-electron chi connectivity index (χ2n) is 6.91. The van der Waals surface area contributed by atoms with Crippen molar-refractivity contribution in [1.29, 1.82) is 0 Å². The van der Waals surface area contributed by atoms with Crippen LogP contribution in [0, 0.1) is 5.92 Å². The largest absolute Gasteiger partial charge is 0.497 e. The molecule has 0 spiro atoms. The van der Waals surface area contributed by atoms with Gasteiger partial charge in [0.1, 0.15) is 17.3 Å². The number of nitrogens with zero attached hydrogens (tertiary/aromatic N) is 2. The number of hydrogen-bond acceptors (Lipinski definition) is 5. The van der Waals surface area contributed by atoms with Crippen LogP contribution in [0.5, 0.6) is 5.75 Å². The van der Waals surface area contributed by atoms with Crippen molar-refractivity contribution >= 4 is 16.9 Å². The van der Waals surface area contributed by atoms with Gasteiger partial charge in [-0.1, -0.05) is 0 Å². The van der Waals surface area contributed by atoms with Gasteiger partial charge in [0.15, 0.2) is 0 Å². The zero-order valence-electron chi connectivity index (χ0n) is 15.4. The maximum Gasteiger partial charge on any atom is 0.223 e. The van der Waals surface area contributed by atoms with E-state index in [2.05, 4.69) is 20.2 Å². The number of aromatic amines is 1. The molecule has 0 bridgehead atoms. The van der Waals surface area contributed by atoms with Crippen molar-refractivity contribution in [3.8, 4) is 5.75 Å². The fraction of sp³-hybridized carbons (Fsp3) is 0.400. The molecule has 0 aliphatic carbocycles. The standard InChI is InChI=1S/C20H24N4O3/c1-26-15-4-5-17-18(11-15)23-19(22-17)12-21-20(25)14-6-8-24(9-7-14)13-16-3-2-10-27-16/h2-5,10-11,14H,6-9,12-13H2,1H3,(H,21,25)(H,22,23). The molecule has 1 amide bonds. The number of H-pyrrole nitrogens is 1. The highest BCUT2D eigenvalue weighted by Gasteiger charge is 2.25. The van der Waals surface area contributed by atoms with Gasteiger partial charge in [0, 0.05) is 12.0 Å². The number of fused-ring (bicyclic) bond motifs is 1. The lowest BCUT2D eigenvalue weighted by Crippen LogP contribution is -2.40. The Balaban J connectivity index is 1.27. The first kappa shape index (κ1) is 17.6. The van der Waals surface area contributed by atoms with E-state index in [0.29, 0.717) is 6.54 Å². The Morgan fingerprint density at radius 1 is 1.37 bits per heavy atom. The SMILES string of the molecule is COc1ccc2nc(CNC(=O)C3CCN(Cc4ccco4)CC3)[nH]c2c1. The van der Waals surface area contributed by atoms with E-state index in [0.717, 1.165) is 60.8 Å². The quantitative estimate of drug-likeness (QED) is 0.699. The lowest BCUT2D eigenvalue weighted by atomic mass is 9.96. The summed E-state index contributed by atoms with van der Waals surface area (Å²) in [6.07, 6.45) is 3.43. The van der Waals surface area contributed by atoms with E-state index in [9.17, 15) is 4.79 Å². The molecule has 0 atom stereocenters. The van der Waals surface area contributed by atoms with Crippen LogP contribution in [0.15, 0.2) is 41.0 Å². The Labute approximate surface area is 157 Å². The normalized spacial score (nSPS) is 15.9. The van der Waals surface area contributed by atoms with Crippen LogP contribution in [0.25, 0.3) is 11.0 Å². The van der Waals surface area contributed by atoms with Gasteiger partial charge in [-0.3, -0.25) is 9.69 Å². The molecular formula is C20H24N4O3. The minimum absolute atomic E-state index is 0.0577. The van der Waals surface area contributed by atoms with Crippen LogP contribution in [0.1, 0.15) is 24.4 Å². The molecule has 1 aliphatic heterocycles. The second-order valence-corrected chi connectivity index (χ2v) is 6.91. The van der Waals surface area contributed by atoms with Gasteiger partial charge in [-0.15, -0.1) is 0 Å². The maximum atomic E-state index is 12.5. The van der Waals surface area contributed by atoms with Gasteiger partial charge in [-0.05, 0) is 50.2 Å². The predicted octanol–water partition coefficient (Wildman–Crippen LogP) is 2.69. The van der Waals surface area contributed by atoms with Crippen LogP contribution in [-0.2, 0) is 17.9 Å². The Morgan fingerprint density at radius 2 is 2.22 bits per heavy atom. The Kier molecular flexibility index (Phi) is 5.11. The van der Waals surface area contributed by atoms with Crippen LogP contribution < -0.4 is 10.1 Å². The molecule has 0 unspecified atom stereocenters. The molecule has 27 heavy (non-hydrogen) atoms. The summed E-state index contributed by atoms with van der Waals surface area (Å²) in [7, 11) is 1.64. The number of benzene rings is 1. The van der Waals surface area contributed by atoms with Crippen molar-refractivity contribution < 1.29 is 13.9 Å². The van der Waals surface area contributed by atoms with Gasteiger partial charge in [0.25, 0.3) is 0 Å². The van der Waals surface area contributed by atoms with Gasteiger partial charge in [0.2, 0.25) is 5.91 Å². The summed E-state index contributed by atoms with van der Waals surface area (Å²) >= 11 is 0. The summed E-state index contributed by atoms with van der Waals surface area (Å²) in [6.45, 7) is 3.03. The smallest absolute Gasteiger partial charge is 0.223 e. The highest BCUT2D eigenvalue weighted by Crippen LogP contribution is 2.21. The minimum Gasteiger partial charge on any atom is -0.497 e. The van der Waals surface area contributed by atoms with E-state index >= 15 is 0 Å². The highest BCUT2D eigenvalue weighted by molar-refractivity contribution is 5.79. The molecule has 2 N–H and O–H groups in total. The summed E-state index contributed by atoms with van der Waals surface area (Å²) in [4.78, 5) is 22.6. The van der Waals surface area contributed by atoms with Gasteiger partial charge in [0.05, 0.1) is 37.5 Å². The van der Waals surface area contributed by atoms with Crippen molar-refractivity contribution in [2.45, 2.75) is 25.9 Å². The molecule has 0 radical (unpaired) electrons. The molecule has 0 saturated carbocycles. The number of hydrogen-bond donors (Lipinski definition) is 2. The van der Waals surface area contributed by atoms with Crippen LogP contribution >= 0.6 is 0 Å². The summed E-state index contributed by atoms with van der Waals surface area (Å²) in [5.74, 6) is 2.66. The van der Waals surface area contributed by atoms with E-state index < -0.39 is 0 Å². The summed E-state index contributed by atoms with van der Waals surface area (Å²) in [6, 6.07) is 9.58. The predicted molar refractivity (Wildman–Crippen MR) is 101 cm³/mol. The molecule has 1 fully saturated rings. The van der Waals surface area contributed by atoms with E-state index in [1.807, 2.05) is 30.3 Å². The van der Waals surface area contributed by atoms with Gasteiger partial charge >= 0.3 is 0 Å². The molecule has 1 saturated heterocycles.